The van der Waals surface area contributed by atoms with Crippen molar-refractivity contribution in [2.75, 3.05) is 18.4 Å². The van der Waals surface area contributed by atoms with E-state index in [1.165, 1.54) is 0 Å². The summed E-state index contributed by atoms with van der Waals surface area (Å²) in [7, 11) is -3.56. The molecule has 0 unspecified atom stereocenters. The molecule has 0 saturated carbocycles. The highest BCUT2D eigenvalue weighted by Crippen LogP contribution is 2.28. The molecule has 186 valence electrons. The van der Waals surface area contributed by atoms with Crippen LogP contribution in [0, 0.1) is 0 Å². The van der Waals surface area contributed by atoms with Gasteiger partial charge in [-0.05, 0) is 48.2 Å². The fraction of sp³-hybridized carbons (Fsp3) is 0.345. The molecule has 0 radical (unpaired) electrons. The minimum Gasteiger partial charge on any atom is -0.326 e. The van der Waals surface area contributed by atoms with Crippen LogP contribution in [0.2, 0.25) is 0 Å². The zero-order valence-electron chi connectivity index (χ0n) is 20.7. The first-order chi connectivity index (χ1) is 17.0. The number of benzene rings is 3. The SMILES string of the molecule is CCCCN(CCCC)S(=O)(=O)c1ccc(NC(=O)CC(c2ccccc2)c2ccccc2)cc1. The molecule has 0 aromatic heterocycles. The quantitative estimate of drug-likeness (QED) is 0.299. The van der Waals surface area contributed by atoms with Gasteiger partial charge in [0.2, 0.25) is 15.9 Å². The van der Waals surface area contributed by atoms with E-state index in [4.69, 9.17) is 0 Å². The first kappa shape index (κ1) is 26.6. The minimum absolute atomic E-state index is 0.0669. The van der Waals surface area contributed by atoms with E-state index in [-0.39, 0.29) is 23.1 Å². The van der Waals surface area contributed by atoms with Crippen molar-refractivity contribution in [1.82, 2.24) is 4.31 Å². The van der Waals surface area contributed by atoms with Crippen LogP contribution >= 0.6 is 0 Å². The molecule has 3 aromatic carbocycles. The molecule has 0 aliphatic heterocycles. The van der Waals surface area contributed by atoms with Gasteiger partial charge in [0.05, 0.1) is 4.90 Å². The molecule has 1 amide bonds. The van der Waals surface area contributed by atoms with Crippen molar-refractivity contribution >= 4 is 21.6 Å². The third-order valence-electron chi connectivity index (χ3n) is 6.09. The van der Waals surface area contributed by atoms with Gasteiger partial charge in [-0.15, -0.1) is 0 Å². The smallest absolute Gasteiger partial charge is 0.243 e. The maximum absolute atomic E-state index is 13.2. The summed E-state index contributed by atoms with van der Waals surface area (Å²) in [6.45, 7) is 5.17. The number of nitrogens with zero attached hydrogens (tertiary/aromatic N) is 1. The second-order valence-corrected chi connectivity index (χ2v) is 10.7. The lowest BCUT2D eigenvalue weighted by Crippen LogP contribution is -2.33. The molecule has 0 bridgehead atoms. The molecule has 3 rings (SSSR count). The van der Waals surface area contributed by atoms with Gasteiger partial charge in [-0.2, -0.15) is 4.31 Å². The molecule has 1 N–H and O–H groups in total. The fourth-order valence-electron chi connectivity index (χ4n) is 4.08. The third kappa shape index (κ3) is 7.51. The molecule has 5 nitrogen and oxygen atoms in total. The molecule has 3 aromatic rings. The van der Waals surface area contributed by atoms with Crippen LogP contribution in [0.5, 0.6) is 0 Å². The Balaban J connectivity index is 1.72. The van der Waals surface area contributed by atoms with Crippen molar-refractivity contribution in [1.29, 1.82) is 0 Å². The number of rotatable bonds is 13. The Kier molecular flexibility index (Phi) is 10.1. The number of nitrogens with one attached hydrogen (secondary N) is 1. The van der Waals surface area contributed by atoms with Crippen molar-refractivity contribution in [3.63, 3.8) is 0 Å². The van der Waals surface area contributed by atoms with Crippen LogP contribution in [0.4, 0.5) is 5.69 Å². The Morgan fingerprint density at radius 1 is 0.771 bits per heavy atom. The summed E-state index contributed by atoms with van der Waals surface area (Å²) in [5.41, 5.74) is 2.74. The van der Waals surface area contributed by atoms with Crippen LogP contribution in [0.3, 0.4) is 0 Å². The van der Waals surface area contributed by atoms with Crippen molar-refractivity contribution in [3.05, 3.63) is 96.1 Å². The topological polar surface area (TPSA) is 66.5 Å². The Labute approximate surface area is 210 Å². The van der Waals surface area contributed by atoms with Crippen molar-refractivity contribution in [3.8, 4) is 0 Å². The van der Waals surface area contributed by atoms with Gasteiger partial charge < -0.3 is 5.32 Å². The second-order valence-electron chi connectivity index (χ2n) is 8.76. The van der Waals surface area contributed by atoms with E-state index < -0.39 is 10.0 Å². The number of carbonyl (C=O) groups excluding carboxylic acids is 1. The highest BCUT2D eigenvalue weighted by atomic mass is 32.2. The maximum Gasteiger partial charge on any atom is 0.243 e. The van der Waals surface area contributed by atoms with E-state index >= 15 is 0 Å². The number of anilines is 1. The standard InChI is InChI=1S/C29H36N2O3S/c1-3-5-21-31(22-6-4-2)35(33,34)27-19-17-26(18-20-27)30-29(32)23-28(24-13-9-7-10-14-24)25-15-11-8-12-16-25/h7-20,28H,3-6,21-23H2,1-2H3,(H,30,32). The second kappa shape index (κ2) is 13.2. The van der Waals surface area contributed by atoms with Crippen LogP contribution in [0.1, 0.15) is 63.0 Å². The summed E-state index contributed by atoms with van der Waals surface area (Å²) < 4.78 is 27.9. The number of hydrogen-bond acceptors (Lipinski definition) is 3. The van der Waals surface area contributed by atoms with Gasteiger partial charge in [0, 0.05) is 31.1 Å². The predicted octanol–water partition coefficient (Wildman–Crippen LogP) is 6.44. The molecule has 0 fully saturated rings. The van der Waals surface area contributed by atoms with Gasteiger partial charge >= 0.3 is 0 Å². The number of carbonyl (C=O) groups is 1. The first-order valence-electron chi connectivity index (χ1n) is 12.5. The van der Waals surface area contributed by atoms with E-state index in [1.54, 1.807) is 28.6 Å². The lowest BCUT2D eigenvalue weighted by molar-refractivity contribution is -0.116. The van der Waals surface area contributed by atoms with Crippen LogP contribution in [0.25, 0.3) is 0 Å². The molecular weight excluding hydrogens is 456 g/mol. The number of amides is 1. The summed E-state index contributed by atoms with van der Waals surface area (Å²) in [6.07, 6.45) is 3.84. The molecule has 0 heterocycles. The minimum atomic E-state index is -3.56. The Bertz CT molecular complexity index is 1100. The molecule has 35 heavy (non-hydrogen) atoms. The van der Waals surface area contributed by atoms with Crippen molar-refractivity contribution in [2.45, 2.75) is 56.8 Å². The van der Waals surface area contributed by atoms with E-state index in [0.29, 0.717) is 18.8 Å². The highest BCUT2D eigenvalue weighted by Gasteiger charge is 2.24. The molecule has 0 spiro atoms. The van der Waals surface area contributed by atoms with Gasteiger partial charge in [0.1, 0.15) is 0 Å². The summed E-state index contributed by atoms with van der Waals surface area (Å²) in [5.74, 6) is -0.187. The van der Waals surface area contributed by atoms with E-state index in [2.05, 4.69) is 19.2 Å². The van der Waals surface area contributed by atoms with Crippen LogP contribution < -0.4 is 5.32 Å². The first-order valence-corrected chi connectivity index (χ1v) is 13.9. The molecule has 0 aliphatic carbocycles. The van der Waals surface area contributed by atoms with Gasteiger partial charge in [-0.1, -0.05) is 87.4 Å². The average molecular weight is 493 g/mol. The summed E-state index contributed by atoms with van der Waals surface area (Å²) in [6, 6.07) is 26.5. The monoisotopic (exact) mass is 492 g/mol. The summed E-state index contributed by atoms with van der Waals surface area (Å²) in [5, 5.41) is 2.94. The number of unbranched alkanes of at least 4 members (excludes halogenated alkanes) is 2. The van der Waals surface area contributed by atoms with Gasteiger partial charge in [0.15, 0.2) is 0 Å². The van der Waals surface area contributed by atoms with Gasteiger partial charge in [-0.25, -0.2) is 8.42 Å². The number of hydrogen-bond donors (Lipinski definition) is 1. The maximum atomic E-state index is 13.2. The van der Waals surface area contributed by atoms with Crippen LogP contribution in [-0.4, -0.2) is 31.7 Å². The molecule has 0 saturated heterocycles. The van der Waals surface area contributed by atoms with Gasteiger partial charge in [0.25, 0.3) is 0 Å². The van der Waals surface area contributed by atoms with E-state index in [0.717, 1.165) is 36.8 Å². The lowest BCUT2D eigenvalue weighted by Gasteiger charge is -2.22. The zero-order chi connectivity index (χ0) is 25.1. The normalized spacial score (nSPS) is 11.7. The third-order valence-corrected chi connectivity index (χ3v) is 8.00. The Morgan fingerprint density at radius 2 is 1.26 bits per heavy atom. The van der Waals surface area contributed by atoms with Crippen LogP contribution in [0.15, 0.2) is 89.8 Å². The lowest BCUT2D eigenvalue weighted by atomic mass is 9.88. The summed E-state index contributed by atoms with van der Waals surface area (Å²) in [4.78, 5) is 13.2. The highest BCUT2D eigenvalue weighted by molar-refractivity contribution is 7.89. The van der Waals surface area contributed by atoms with Crippen LogP contribution in [-0.2, 0) is 14.8 Å². The average Bonchev–Trinajstić information content (AvgIpc) is 2.88. The Hall–Kier alpha value is -2.96. The largest absolute Gasteiger partial charge is 0.326 e. The zero-order valence-corrected chi connectivity index (χ0v) is 21.5. The predicted molar refractivity (Wildman–Crippen MR) is 143 cm³/mol. The van der Waals surface area contributed by atoms with Gasteiger partial charge in [-0.3, -0.25) is 4.79 Å². The van der Waals surface area contributed by atoms with Crippen molar-refractivity contribution in [2.24, 2.45) is 0 Å². The molecule has 0 atom stereocenters. The molecule has 6 heteroatoms. The summed E-state index contributed by atoms with van der Waals surface area (Å²) >= 11 is 0. The number of sulfonamides is 1. The Morgan fingerprint density at radius 3 is 1.71 bits per heavy atom. The molecule has 0 aliphatic rings. The van der Waals surface area contributed by atoms with E-state index in [1.807, 2.05) is 60.7 Å². The molecular formula is C29H36N2O3S. The fourth-order valence-corrected chi connectivity index (χ4v) is 5.59. The van der Waals surface area contributed by atoms with E-state index in [9.17, 15) is 13.2 Å². The van der Waals surface area contributed by atoms with Crippen molar-refractivity contribution < 1.29 is 13.2 Å².